The van der Waals surface area contributed by atoms with E-state index in [1.54, 1.807) is 6.92 Å². The highest BCUT2D eigenvalue weighted by molar-refractivity contribution is 6.05. The summed E-state index contributed by atoms with van der Waals surface area (Å²) in [4.78, 5) is 42.1. The number of esters is 1. The normalized spacial score (nSPS) is 15.1. The average Bonchev–Trinajstić information content (AvgIpc) is 3.17. The largest absolute Gasteiger partial charge is 0.460 e. The first-order valence-corrected chi connectivity index (χ1v) is 10.9. The Bertz CT molecular complexity index is 1420. The van der Waals surface area contributed by atoms with Crippen molar-refractivity contribution in [3.8, 4) is 0 Å². The van der Waals surface area contributed by atoms with Crippen LogP contribution in [0.3, 0.4) is 0 Å². The van der Waals surface area contributed by atoms with E-state index in [1.807, 2.05) is 0 Å². The first-order valence-electron chi connectivity index (χ1n) is 10.9. The molecule has 4 rings (SSSR count). The summed E-state index contributed by atoms with van der Waals surface area (Å²) >= 11 is 0. The van der Waals surface area contributed by atoms with Gasteiger partial charge in [0.2, 0.25) is 11.7 Å². The molecule has 194 valence electrons. The van der Waals surface area contributed by atoms with E-state index in [0.717, 1.165) is 6.07 Å². The van der Waals surface area contributed by atoms with Crippen molar-refractivity contribution in [3.05, 3.63) is 81.8 Å². The highest BCUT2D eigenvalue weighted by atomic mass is 19.4. The third-order valence-electron chi connectivity index (χ3n) is 5.62. The highest BCUT2D eigenvalue weighted by Crippen LogP contribution is 2.35. The van der Waals surface area contributed by atoms with Gasteiger partial charge >= 0.3 is 12.1 Å². The van der Waals surface area contributed by atoms with Crippen LogP contribution in [0.25, 0.3) is 0 Å². The van der Waals surface area contributed by atoms with Gasteiger partial charge < -0.3 is 19.9 Å². The Morgan fingerprint density at radius 3 is 2.57 bits per heavy atom. The number of carbonyl (C=O) groups excluding carboxylic acids is 3. The molecule has 13 heteroatoms. The molecule has 0 radical (unpaired) electrons. The maximum atomic E-state index is 14.1. The summed E-state index contributed by atoms with van der Waals surface area (Å²) in [6.07, 6.45) is -4.91. The van der Waals surface area contributed by atoms with Crippen LogP contribution in [0.5, 0.6) is 0 Å². The number of hydrogen-bond acceptors (Lipinski definition) is 5. The van der Waals surface area contributed by atoms with Crippen LogP contribution in [-0.4, -0.2) is 33.9 Å². The third-order valence-corrected chi connectivity index (χ3v) is 5.62. The number of halogens is 5. The zero-order chi connectivity index (χ0) is 27.1. The predicted octanol–water partition coefficient (Wildman–Crippen LogP) is 4.14. The van der Waals surface area contributed by atoms with E-state index in [-0.39, 0.29) is 35.6 Å². The van der Waals surface area contributed by atoms with Crippen molar-refractivity contribution in [2.75, 3.05) is 11.9 Å². The van der Waals surface area contributed by atoms with Gasteiger partial charge in [0.15, 0.2) is 5.82 Å². The van der Waals surface area contributed by atoms with Gasteiger partial charge in [-0.3, -0.25) is 9.59 Å². The lowest BCUT2D eigenvalue weighted by molar-refractivity contribution is -0.137. The van der Waals surface area contributed by atoms with E-state index < -0.39 is 59.3 Å². The topological polar surface area (TPSA) is 102 Å². The molecule has 0 aliphatic carbocycles. The van der Waals surface area contributed by atoms with Gasteiger partial charge in [-0.05, 0) is 55.3 Å². The third kappa shape index (κ3) is 5.15. The van der Waals surface area contributed by atoms with Crippen LogP contribution >= 0.6 is 0 Å². The van der Waals surface area contributed by atoms with Crippen LogP contribution < -0.4 is 10.6 Å². The molecule has 0 bridgehead atoms. The van der Waals surface area contributed by atoms with E-state index in [1.165, 1.54) is 23.6 Å². The number of ether oxygens (including phenoxy) is 1. The zero-order valence-electron chi connectivity index (χ0n) is 19.4. The molecule has 0 saturated heterocycles. The Morgan fingerprint density at radius 1 is 1.16 bits per heavy atom. The fourth-order valence-electron chi connectivity index (χ4n) is 3.99. The number of aryl methyl sites for hydroxylation is 1. The number of alkyl halides is 3. The molecule has 0 fully saturated rings. The summed E-state index contributed by atoms with van der Waals surface area (Å²) in [5.74, 6) is -5.23. The number of fused-ring (bicyclic) bond motifs is 1. The number of carbonyl (C=O) groups is 3. The SMILES string of the molecule is CCOC(=O)c1nc(NC(=O)c2cc(F)cc(C(F)(F)F)c2)c2n1CC(=O)NC2c1cc(F)ccc1C. The first kappa shape index (κ1) is 25.8. The van der Waals surface area contributed by atoms with Crippen LogP contribution in [0.4, 0.5) is 27.8 Å². The monoisotopic (exact) mass is 522 g/mol. The second-order valence-electron chi connectivity index (χ2n) is 8.16. The molecule has 1 atom stereocenters. The molecule has 8 nitrogen and oxygen atoms in total. The number of nitrogens with zero attached hydrogens (tertiary/aromatic N) is 2. The van der Waals surface area contributed by atoms with E-state index in [0.29, 0.717) is 17.7 Å². The molecule has 37 heavy (non-hydrogen) atoms. The predicted molar refractivity (Wildman–Crippen MR) is 119 cm³/mol. The van der Waals surface area contributed by atoms with E-state index in [9.17, 15) is 36.3 Å². The quantitative estimate of drug-likeness (QED) is 0.388. The zero-order valence-corrected chi connectivity index (χ0v) is 19.4. The van der Waals surface area contributed by atoms with Gasteiger partial charge in [-0.2, -0.15) is 13.2 Å². The molecule has 2 amide bonds. The van der Waals surface area contributed by atoms with Gasteiger partial charge in [-0.1, -0.05) is 6.07 Å². The Morgan fingerprint density at radius 2 is 1.89 bits per heavy atom. The Labute approximate surface area is 206 Å². The number of amides is 2. The van der Waals surface area contributed by atoms with Crippen molar-refractivity contribution in [3.63, 3.8) is 0 Å². The van der Waals surface area contributed by atoms with Gasteiger partial charge in [0.1, 0.15) is 18.2 Å². The maximum absolute atomic E-state index is 14.1. The summed E-state index contributed by atoms with van der Waals surface area (Å²) in [6, 6.07) is 4.03. The molecule has 0 saturated carbocycles. The Balaban J connectivity index is 1.85. The minimum Gasteiger partial charge on any atom is -0.460 e. The second kappa shape index (κ2) is 9.64. The van der Waals surface area contributed by atoms with E-state index >= 15 is 0 Å². The van der Waals surface area contributed by atoms with Gasteiger partial charge in [-0.15, -0.1) is 0 Å². The lowest BCUT2D eigenvalue weighted by Gasteiger charge is -2.28. The van der Waals surface area contributed by atoms with Gasteiger partial charge in [0.05, 0.1) is 23.9 Å². The molecule has 1 aliphatic rings. The number of nitrogens with one attached hydrogen (secondary N) is 2. The van der Waals surface area contributed by atoms with Crippen molar-refractivity contribution >= 4 is 23.6 Å². The number of anilines is 1. The molecule has 1 unspecified atom stereocenters. The average molecular weight is 522 g/mol. The fourth-order valence-corrected chi connectivity index (χ4v) is 3.99. The summed E-state index contributed by atoms with van der Waals surface area (Å²) < 4.78 is 73.6. The summed E-state index contributed by atoms with van der Waals surface area (Å²) in [5.41, 5.74) is -1.15. The van der Waals surface area contributed by atoms with Gasteiger partial charge in [0, 0.05) is 5.56 Å². The minimum absolute atomic E-state index is 0.0368. The first-order chi connectivity index (χ1) is 17.4. The molecule has 3 aromatic rings. The number of hydrogen-bond donors (Lipinski definition) is 2. The van der Waals surface area contributed by atoms with Crippen molar-refractivity contribution in [2.45, 2.75) is 32.6 Å². The lowest BCUT2D eigenvalue weighted by Crippen LogP contribution is -2.40. The van der Waals surface area contributed by atoms with Crippen molar-refractivity contribution in [2.24, 2.45) is 0 Å². The van der Waals surface area contributed by atoms with Crippen LogP contribution in [0.15, 0.2) is 36.4 Å². The molecule has 1 aliphatic heterocycles. The van der Waals surface area contributed by atoms with E-state index in [2.05, 4.69) is 15.6 Å². The molecule has 0 spiro atoms. The van der Waals surface area contributed by atoms with Gasteiger partial charge in [0.25, 0.3) is 5.91 Å². The van der Waals surface area contributed by atoms with Crippen molar-refractivity contribution < 1.29 is 41.1 Å². The number of aromatic nitrogens is 2. The summed E-state index contributed by atoms with van der Waals surface area (Å²) in [6.45, 7) is 2.74. The van der Waals surface area contributed by atoms with Crippen molar-refractivity contribution in [1.29, 1.82) is 0 Å². The van der Waals surface area contributed by atoms with Crippen LogP contribution in [0, 0.1) is 18.6 Å². The number of rotatable bonds is 5. The second-order valence-corrected chi connectivity index (χ2v) is 8.16. The van der Waals surface area contributed by atoms with Gasteiger partial charge in [-0.25, -0.2) is 18.6 Å². The molecule has 1 aromatic heterocycles. The number of benzene rings is 2. The fraction of sp³-hybridized carbons (Fsp3) is 0.250. The summed E-state index contributed by atoms with van der Waals surface area (Å²) in [5, 5.41) is 4.95. The molecular formula is C24H19F5N4O4. The Hall–Kier alpha value is -4.29. The standard InChI is InChI=1S/C24H19F5N4O4/c1-3-37-23(36)21-31-20(32-22(35)12-6-13(24(27,28)29)8-15(26)7-12)19-18(30-17(34)10-33(19)21)16-9-14(25)5-4-11(16)2/h4-9,18H,3,10H2,1-2H3,(H,30,34)(H,32,35). The molecule has 2 heterocycles. The van der Waals surface area contributed by atoms with Crippen LogP contribution in [0.2, 0.25) is 0 Å². The lowest BCUT2D eigenvalue weighted by atomic mass is 9.96. The summed E-state index contributed by atoms with van der Waals surface area (Å²) in [7, 11) is 0. The molecule has 2 aromatic carbocycles. The maximum Gasteiger partial charge on any atom is 0.416 e. The number of imidazole rings is 1. The smallest absolute Gasteiger partial charge is 0.416 e. The Kier molecular flexibility index (Phi) is 6.72. The van der Waals surface area contributed by atoms with Crippen LogP contribution in [-0.2, 0) is 22.3 Å². The van der Waals surface area contributed by atoms with E-state index in [4.69, 9.17) is 4.74 Å². The van der Waals surface area contributed by atoms with Crippen molar-refractivity contribution in [1.82, 2.24) is 14.9 Å². The van der Waals surface area contributed by atoms with Crippen LogP contribution in [0.1, 0.15) is 56.3 Å². The minimum atomic E-state index is -4.91. The highest BCUT2D eigenvalue weighted by Gasteiger charge is 2.37. The molecule has 2 N–H and O–H groups in total. The molecular weight excluding hydrogens is 503 g/mol.